The Kier molecular flexibility index (Phi) is 7.95. The Morgan fingerprint density at radius 2 is 1.93 bits per heavy atom. The van der Waals surface area contributed by atoms with Crippen molar-refractivity contribution in [1.29, 1.82) is 0 Å². The van der Waals surface area contributed by atoms with Crippen LogP contribution in [0.15, 0.2) is 41.5 Å². The van der Waals surface area contributed by atoms with Crippen LogP contribution in [0.3, 0.4) is 0 Å². The number of ether oxygens (including phenoxy) is 3. The van der Waals surface area contributed by atoms with Gasteiger partial charge >= 0.3 is 0 Å². The number of carbonyl (C=O) groups excluding carboxylic acids is 1. The van der Waals surface area contributed by atoms with Crippen LogP contribution in [-0.4, -0.2) is 32.4 Å². The molecule has 1 N–H and O–H groups in total. The third kappa shape index (κ3) is 5.89. The summed E-state index contributed by atoms with van der Waals surface area (Å²) in [5.74, 6) is 1.39. The quantitative estimate of drug-likeness (QED) is 0.512. The van der Waals surface area contributed by atoms with Gasteiger partial charge in [-0.2, -0.15) is 5.10 Å². The number of benzene rings is 2. The standard InChI is InChI=1S/C20H23ClN2O4/c1-4-10-27-16-8-6-15(7-9-16)20(24)23-22-13-14-11-17(21)19(26-5-2)18(12-14)25-3/h6-9,11-13H,4-5,10H2,1-3H3,(H,23,24)/b22-13+. The maximum absolute atomic E-state index is 12.2. The van der Waals surface area contributed by atoms with E-state index in [2.05, 4.69) is 10.5 Å². The molecule has 0 bridgehead atoms. The largest absolute Gasteiger partial charge is 0.494 e. The molecule has 7 heteroatoms. The van der Waals surface area contributed by atoms with E-state index in [-0.39, 0.29) is 5.91 Å². The van der Waals surface area contributed by atoms with E-state index in [1.165, 1.54) is 13.3 Å². The zero-order valence-electron chi connectivity index (χ0n) is 15.6. The van der Waals surface area contributed by atoms with Gasteiger partial charge in [-0.15, -0.1) is 0 Å². The molecule has 0 saturated carbocycles. The van der Waals surface area contributed by atoms with E-state index in [0.29, 0.717) is 40.9 Å². The van der Waals surface area contributed by atoms with Crippen molar-refractivity contribution in [2.24, 2.45) is 5.10 Å². The molecule has 0 fully saturated rings. The van der Waals surface area contributed by atoms with Gasteiger partial charge in [0, 0.05) is 5.56 Å². The van der Waals surface area contributed by atoms with Crippen molar-refractivity contribution >= 4 is 23.7 Å². The molecule has 0 aliphatic rings. The van der Waals surface area contributed by atoms with Crippen molar-refractivity contribution in [2.75, 3.05) is 20.3 Å². The summed E-state index contributed by atoms with van der Waals surface area (Å²) in [7, 11) is 1.53. The first kappa shape index (κ1) is 20.6. The van der Waals surface area contributed by atoms with Gasteiger partial charge in [-0.05, 0) is 55.3 Å². The van der Waals surface area contributed by atoms with E-state index in [4.69, 9.17) is 25.8 Å². The van der Waals surface area contributed by atoms with Crippen molar-refractivity contribution in [3.05, 3.63) is 52.5 Å². The van der Waals surface area contributed by atoms with Crippen LogP contribution in [0, 0.1) is 0 Å². The number of nitrogens with zero attached hydrogens (tertiary/aromatic N) is 1. The molecule has 0 radical (unpaired) electrons. The zero-order chi connectivity index (χ0) is 19.6. The monoisotopic (exact) mass is 390 g/mol. The second-order valence-corrected chi connectivity index (χ2v) is 5.95. The van der Waals surface area contributed by atoms with E-state index >= 15 is 0 Å². The van der Waals surface area contributed by atoms with E-state index in [0.717, 1.165) is 12.2 Å². The van der Waals surface area contributed by atoms with Crippen molar-refractivity contribution < 1.29 is 19.0 Å². The van der Waals surface area contributed by atoms with Crippen LogP contribution >= 0.6 is 11.6 Å². The number of nitrogens with one attached hydrogen (secondary N) is 1. The number of carbonyl (C=O) groups is 1. The van der Waals surface area contributed by atoms with Crippen LogP contribution in [-0.2, 0) is 0 Å². The minimum absolute atomic E-state index is 0.322. The van der Waals surface area contributed by atoms with Crippen molar-refractivity contribution in [3.8, 4) is 17.2 Å². The lowest BCUT2D eigenvalue weighted by atomic mass is 10.2. The molecule has 27 heavy (non-hydrogen) atoms. The third-order valence-electron chi connectivity index (χ3n) is 3.51. The number of hydrogen-bond acceptors (Lipinski definition) is 5. The van der Waals surface area contributed by atoms with E-state index in [1.54, 1.807) is 36.4 Å². The van der Waals surface area contributed by atoms with Gasteiger partial charge in [-0.3, -0.25) is 4.79 Å². The number of hydrogen-bond donors (Lipinski definition) is 1. The Bertz CT molecular complexity index is 791. The fourth-order valence-electron chi connectivity index (χ4n) is 2.25. The van der Waals surface area contributed by atoms with Gasteiger partial charge in [0.15, 0.2) is 11.5 Å². The van der Waals surface area contributed by atoms with Crippen LogP contribution in [0.5, 0.6) is 17.2 Å². The molecule has 2 rings (SSSR count). The van der Waals surface area contributed by atoms with Crippen LogP contribution < -0.4 is 19.6 Å². The molecule has 2 aromatic carbocycles. The van der Waals surface area contributed by atoms with Gasteiger partial charge in [0.2, 0.25) is 0 Å². The summed E-state index contributed by atoms with van der Waals surface area (Å²) in [6, 6.07) is 10.3. The number of rotatable bonds is 9. The predicted molar refractivity (Wildman–Crippen MR) is 106 cm³/mol. The Labute approximate surface area is 164 Å². The van der Waals surface area contributed by atoms with Gasteiger partial charge < -0.3 is 14.2 Å². The molecule has 0 saturated heterocycles. The zero-order valence-corrected chi connectivity index (χ0v) is 16.4. The average Bonchev–Trinajstić information content (AvgIpc) is 2.68. The Morgan fingerprint density at radius 3 is 2.56 bits per heavy atom. The summed E-state index contributed by atoms with van der Waals surface area (Å²) in [6.45, 7) is 5.02. The average molecular weight is 391 g/mol. The third-order valence-corrected chi connectivity index (χ3v) is 3.79. The lowest BCUT2D eigenvalue weighted by Crippen LogP contribution is -2.17. The first-order valence-electron chi connectivity index (χ1n) is 8.65. The van der Waals surface area contributed by atoms with Crippen molar-refractivity contribution in [1.82, 2.24) is 5.43 Å². The minimum atomic E-state index is -0.322. The van der Waals surface area contributed by atoms with Crippen LogP contribution in [0.2, 0.25) is 5.02 Å². The van der Waals surface area contributed by atoms with Crippen molar-refractivity contribution in [2.45, 2.75) is 20.3 Å². The second-order valence-electron chi connectivity index (χ2n) is 5.54. The van der Waals surface area contributed by atoms with Crippen LogP contribution in [0.25, 0.3) is 0 Å². The van der Waals surface area contributed by atoms with Gasteiger partial charge in [0.1, 0.15) is 5.75 Å². The Hall–Kier alpha value is -2.73. The first-order valence-corrected chi connectivity index (χ1v) is 9.03. The molecular weight excluding hydrogens is 368 g/mol. The number of hydrazone groups is 1. The number of amides is 1. The SMILES string of the molecule is CCCOc1ccc(C(=O)N/N=C/c2cc(Cl)c(OCC)c(OC)c2)cc1. The molecular formula is C20H23ClN2O4. The van der Waals surface area contributed by atoms with Gasteiger partial charge in [0.05, 0.1) is 31.6 Å². The summed E-state index contributed by atoms with van der Waals surface area (Å²) in [5.41, 5.74) is 3.64. The highest BCUT2D eigenvalue weighted by molar-refractivity contribution is 6.32. The fraction of sp³-hybridized carbons (Fsp3) is 0.300. The fourth-order valence-corrected chi connectivity index (χ4v) is 2.52. The number of halogens is 1. The van der Waals surface area contributed by atoms with Crippen LogP contribution in [0.4, 0.5) is 0 Å². The molecule has 0 aliphatic carbocycles. The summed E-state index contributed by atoms with van der Waals surface area (Å²) in [4.78, 5) is 12.2. The van der Waals surface area contributed by atoms with E-state index in [1.807, 2.05) is 13.8 Å². The van der Waals surface area contributed by atoms with Gasteiger partial charge in [0.25, 0.3) is 5.91 Å². The van der Waals surface area contributed by atoms with Crippen molar-refractivity contribution in [3.63, 3.8) is 0 Å². The lowest BCUT2D eigenvalue weighted by molar-refractivity contribution is 0.0955. The molecule has 2 aromatic rings. The molecule has 144 valence electrons. The highest BCUT2D eigenvalue weighted by Gasteiger charge is 2.11. The molecule has 0 unspecified atom stereocenters. The molecule has 0 aliphatic heterocycles. The first-order chi connectivity index (χ1) is 13.1. The summed E-state index contributed by atoms with van der Waals surface area (Å²) in [6.07, 6.45) is 2.41. The molecule has 1 amide bonds. The second kappa shape index (κ2) is 10.4. The summed E-state index contributed by atoms with van der Waals surface area (Å²) < 4.78 is 16.2. The van der Waals surface area contributed by atoms with Gasteiger partial charge in [-0.25, -0.2) is 5.43 Å². The van der Waals surface area contributed by atoms with Gasteiger partial charge in [-0.1, -0.05) is 18.5 Å². The van der Waals surface area contributed by atoms with E-state index < -0.39 is 0 Å². The highest BCUT2D eigenvalue weighted by Crippen LogP contribution is 2.35. The topological polar surface area (TPSA) is 69.2 Å². The molecule has 0 aromatic heterocycles. The highest BCUT2D eigenvalue weighted by atomic mass is 35.5. The molecule has 0 heterocycles. The lowest BCUT2D eigenvalue weighted by Gasteiger charge is -2.11. The molecule has 0 spiro atoms. The van der Waals surface area contributed by atoms with E-state index in [9.17, 15) is 4.79 Å². The van der Waals surface area contributed by atoms with Crippen LogP contribution in [0.1, 0.15) is 36.2 Å². The maximum Gasteiger partial charge on any atom is 0.271 e. The Morgan fingerprint density at radius 1 is 1.19 bits per heavy atom. The Balaban J connectivity index is 2.02. The smallest absolute Gasteiger partial charge is 0.271 e. The molecule has 0 atom stereocenters. The summed E-state index contributed by atoms with van der Waals surface area (Å²) >= 11 is 6.21. The minimum Gasteiger partial charge on any atom is -0.494 e. The molecule has 6 nitrogen and oxygen atoms in total. The number of methoxy groups -OCH3 is 1. The predicted octanol–water partition coefficient (Wildman–Crippen LogP) is 4.30. The maximum atomic E-state index is 12.2. The normalized spacial score (nSPS) is 10.7. The summed E-state index contributed by atoms with van der Waals surface area (Å²) in [5, 5.41) is 4.38.